The fourth-order valence-corrected chi connectivity index (χ4v) is 3.71. The number of carbonyl (C=O) groups is 2. The predicted octanol–water partition coefficient (Wildman–Crippen LogP) is 4.11. The first-order valence-corrected chi connectivity index (χ1v) is 10.7. The Hall–Kier alpha value is -3.60. The number of aromatic nitrogens is 1. The largest absolute Gasteiger partial charge is 0.483 e. The molecule has 0 aliphatic rings. The molecule has 0 unspecified atom stereocenters. The lowest BCUT2D eigenvalue weighted by molar-refractivity contribution is -0.123. The van der Waals surface area contributed by atoms with E-state index in [0.29, 0.717) is 18.1 Å². The van der Waals surface area contributed by atoms with Gasteiger partial charge in [0, 0.05) is 22.7 Å². The Labute approximate surface area is 196 Å². The lowest BCUT2D eigenvalue weighted by atomic mass is 10.2. The second-order valence-corrected chi connectivity index (χ2v) is 7.98. The van der Waals surface area contributed by atoms with Crippen LogP contribution in [-0.4, -0.2) is 34.4 Å². The molecule has 2 heterocycles. The highest BCUT2D eigenvalue weighted by atomic mass is 127. The van der Waals surface area contributed by atoms with Crippen LogP contribution < -0.4 is 10.2 Å². The van der Waals surface area contributed by atoms with E-state index in [2.05, 4.69) is 33.1 Å². The molecule has 0 fully saturated rings. The van der Waals surface area contributed by atoms with Gasteiger partial charge in [0.2, 0.25) is 5.76 Å². The van der Waals surface area contributed by atoms with Crippen molar-refractivity contribution in [2.45, 2.75) is 6.54 Å². The molecule has 2 N–H and O–H groups in total. The molecular formula is C23H18IN3O5. The summed E-state index contributed by atoms with van der Waals surface area (Å²) in [6.07, 6.45) is 3.43. The van der Waals surface area contributed by atoms with Crippen LogP contribution in [0.15, 0.2) is 76.4 Å². The highest BCUT2D eigenvalue weighted by molar-refractivity contribution is 14.1. The first-order chi connectivity index (χ1) is 15.5. The summed E-state index contributed by atoms with van der Waals surface area (Å²) >= 11 is 2.14. The van der Waals surface area contributed by atoms with E-state index < -0.39 is 5.97 Å². The van der Waals surface area contributed by atoms with Gasteiger partial charge in [-0.1, -0.05) is 30.3 Å². The number of carboxylic acids is 1. The Bertz CT molecular complexity index is 1310. The van der Waals surface area contributed by atoms with Crippen LogP contribution in [-0.2, 0) is 11.3 Å². The average Bonchev–Trinajstić information content (AvgIpc) is 3.39. The Morgan fingerprint density at radius 1 is 1.12 bits per heavy atom. The number of rotatable bonds is 8. The Morgan fingerprint density at radius 3 is 2.69 bits per heavy atom. The van der Waals surface area contributed by atoms with E-state index in [9.17, 15) is 9.59 Å². The second-order valence-electron chi connectivity index (χ2n) is 6.81. The third kappa shape index (κ3) is 4.99. The van der Waals surface area contributed by atoms with Gasteiger partial charge in [0.15, 0.2) is 6.61 Å². The molecule has 0 aliphatic carbocycles. The van der Waals surface area contributed by atoms with Gasteiger partial charge in [0.25, 0.3) is 5.91 Å². The third-order valence-electron chi connectivity index (χ3n) is 4.61. The molecule has 0 atom stereocenters. The van der Waals surface area contributed by atoms with Crippen LogP contribution in [0.5, 0.6) is 5.75 Å². The maximum atomic E-state index is 12.1. The lowest BCUT2D eigenvalue weighted by Crippen LogP contribution is -2.24. The minimum Gasteiger partial charge on any atom is -0.483 e. The van der Waals surface area contributed by atoms with Gasteiger partial charge in [-0.3, -0.25) is 4.79 Å². The molecule has 4 rings (SSSR count). The van der Waals surface area contributed by atoms with Crippen LogP contribution >= 0.6 is 22.6 Å². The summed E-state index contributed by atoms with van der Waals surface area (Å²) in [5.74, 6) is -0.426. The minimum absolute atomic E-state index is 0.103. The Balaban J connectivity index is 1.44. The number of carboxylic acid groups (broad SMARTS) is 1. The summed E-state index contributed by atoms with van der Waals surface area (Å²) in [5, 5.41) is 14.0. The van der Waals surface area contributed by atoms with Crippen molar-refractivity contribution >= 4 is 51.6 Å². The molecule has 2 aromatic heterocycles. The average molecular weight is 543 g/mol. The van der Waals surface area contributed by atoms with E-state index in [1.807, 2.05) is 53.2 Å². The monoisotopic (exact) mass is 543 g/mol. The van der Waals surface area contributed by atoms with Gasteiger partial charge >= 0.3 is 5.97 Å². The number of benzene rings is 2. The molecule has 2 aromatic carbocycles. The molecular weight excluding hydrogens is 525 g/mol. The van der Waals surface area contributed by atoms with Gasteiger partial charge in [-0.2, -0.15) is 5.10 Å². The number of carbonyl (C=O) groups excluding carboxylic acids is 1. The third-order valence-corrected chi connectivity index (χ3v) is 5.50. The van der Waals surface area contributed by atoms with E-state index in [-0.39, 0.29) is 18.3 Å². The molecule has 0 saturated carbocycles. The molecule has 0 aliphatic heterocycles. The van der Waals surface area contributed by atoms with Gasteiger partial charge in [0.05, 0.1) is 16.3 Å². The highest BCUT2D eigenvalue weighted by Crippen LogP contribution is 2.22. The molecule has 8 nitrogen and oxygen atoms in total. The molecule has 162 valence electrons. The zero-order chi connectivity index (χ0) is 22.5. The van der Waals surface area contributed by atoms with E-state index >= 15 is 0 Å². The number of furan rings is 1. The van der Waals surface area contributed by atoms with Crippen molar-refractivity contribution in [2.75, 3.05) is 6.61 Å². The van der Waals surface area contributed by atoms with Gasteiger partial charge in [-0.15, -0.1) is 0 Å². The van der Waals surface area contributed by atoms with Crippen molar-refractivity contribution in [1.29, 1.82) is 0 Å². The van der Waals surface area contributed by atoms with Gasteiger partial charge < -0.3 is 18.8 Å². The van der Waals surface area contributed by atoms with E-state index in [1.165, 1.54) is 6.07 Å². The number of hydrogen-bond donors (Lipinski definition) is 2. The fraction of sp³-hybridized carbons (Fsp3) is 0.0870. The van der Waals surface area contributed by atoms with Crippen molar-refractivity contribution < 1.29 is 23.8 Å². The molecule has 32 heavy (non-hydrogen) atoms. The summed E-state index contributed by atoms with van der Waals surface area (Å²) in [7, 11) is 0. The zero-order valence-electron chi connectivity index (χ0n) is 16.7. The van der Waals surface area contributed by atoms with Gasteiger partial charge in [0.1, 0.15) is 11.5 Å². The zero-order valence-corrected chi connectivity index (χ0v) is 18.9. The van der Waals surface area contributed by atoms with E-state index in [1.54, 1.807) is 18.3 Å². The molecule has 0 radical (unpaired) electrons. The lowest BCUT2D eigenvalue weighted by Gasteiger charge is -2.06. The van der Waals surface area contributed by atoms with Crippen molar-refractivity contribution in [3.8, 4) is 5.75 Å². The standard InChI is InChI=1S/C23H18IN3O5/c24-18-6-2-4-8-20(18)31-14-22(28)26-25-11-15-12-27(19-7-3-1-5-17(15)19)13-16-9-10-21(32-16)23(29)30/h1-12H,13-14H2,(H,26,28)(H,29,30)/b25-11+. The number of nitrogens with zero attached hydrogens (tertiary/aromatic N) is 2. The van der Waals surface area contributed by atoms with Gasteiger partial charge in [-0.25, -0.2) is 10.2 Å². The number of para-hydroxylation sites is 2. The number of ether oxygens (including phenoxy) is 1. The Morgan fingerprint density at radius 2 is 1.91 bits per heavy atom. The molecule has 0 bridgehead atoms. The highest BCUT2D eigenvalue weighted by Gasteiger charge is 2.12. The van der Waals surface area contributed by atoms with Crippen LogP contribution in [0.4, 0.5) is 0 Å². The van der Waals surface area contributed by atoms with Crippen molar-refractivity contribution in [1.82, 2.24) is 9.99 Å². The van der Waals surface area contributed by atoms with Crippen LogP contribution in [0.2, 0.25) is 0 Å². The van der Waals surface area contributed by atoms with Crippen molar-refractivity contribution in [3.05, 3.63) is 87.5 Å². The smallest absolute Gasteiger partial charge is 0.371 e. The number of hydrazone groups is 1. The molecule has 0 saturated heterocycles. The number of hydrogen-bond acceptors (Lipinski definition) is 5. The minimum atomic E-state index is -1.11. The summed E-state index contributed by atoms with van der Waals surface area (Å²) in [5.41, 5.74) is 4.19. The maximum Gasteiger partial charge on any atom is 0.371 e. The number of aromatic carboxylic acids is 1. The fourth-order valence-electron chi connectivity index (χ4n) is 3.17. The van der Waals surface area contributed by atoms with Crippen molar-refractivity contribution in [2.24, 2.45) is 5.10 Å². The quantitative estimate of drug-likeness (QED) is 0.198. The number of amides is 1. The first kappa shape index (κ1) is 21.6. The van der Waals surface area contributed by atoms with Crippen molar-refractivity contribution in [3.63, 3.8) is 0 Å². The number of nitrogens with one attached hydrogen (secondary N) is 1. The first-order valence-electron chi connectivity index (χ1n) is 9.60. The predicted molar refractivity (Wildman–Crippen MR) is 127 cm³/mol. The maximum absolute atomic E-state index is 12.1. The van der Waals surface area contributed by atoms with Crippen LogP contribution in [0.25, 0.3) is 10.9 Å². The van der Waals surface area contributed by atoms with Gasteiger partial charge in [-0.05, 0) is 52.9 Å². The SMILES string of the molecule is O=C(COc1ccccc1I)N/N=C/c1cn(Cc2ccc(C(=O)O)o2)c2ccccc12. The molecule has 1 amide bonds. The summed E-state index contributed by atoms with van der Waals surface area (Å²) in [4.78, 5) is 23.1. The summed E-state index contributed by atoms with van der Waals surface area (Å²) in [6, 6.07) is 18.2. The summed E-state index contributed by atoms with van der Waals surface area (Å²) in [6.45, 7) is 0.209. The second kappa shape index (κ2) is 9.69. The number of fused-ring (bicyclic) bond motifs is 1. The van der Waals surface area contributed by atoms with Crippen LogP contribution in [0, 0.1) is 3.57 Å². The van der Waals surface area contributed by atoms with E-state index in [0.717, 1.165) is 20.0 Å². The molecule has 0 spiro atoms. The molecule has 9 heteroatoms. The van der Waals surface area contributed by atoms with Crippen LogP contribution in [0.1, 0.15) is 21.9 Å². The molecule has 4 aromatic rings. The summed E-state index contributed by atoms with van der Waals surface area (Å²) < 4.78 is 13.7. The Kier molecular flexibility index (Phi) is 6.55. The van der Waals surface area contributed by atoms with Crippen LogP contribution in [0.3, 0.4) is 0 Å². The normalized spacial score (nSPS) is 11.2. The number of halogens is 1. The van der Waals surface area contributed by atoms with E-state index in [4.69, 9.17) is 14.3 Å². The topological polar surface area (TPSA) is 106 Å².